The SMILES string of the molecule is COC(=O)c1cc(C(=CCC23CC4CC(CC(C4)C2)C3)c2cc(Cl)c(OC)c(C(=O)OC)c2)cc(Cl)c1OC. The Morgan fingerprint density at radius 3 is 1.54 bits per heavy atom. The molecule has 0 atom stereocenters. The Bertz CT molecular complexity index is 1220. The van der Waals surface area contributed by atoms with Crippen LogP contribution in [0.5, 0.6) is 11.5 Å². The van der Waals surface area contributed by atoms with E-state index in [2.05, 4.69) is 6.08 Å². The average Bonchev–Trinajstić information content (AvgIpc) is 2.90. The zero-order valence-electron chi connectivity index (χ0n) is 22.8. The molecule has 4 aliphatic carbocycles. The lowest BCUT2D eigenvalue weighted by Crippen LogP contribution is -2.45. The van der Waals surface area contributed by atoms with Gasteiger partial charge in [0.05, 0.1) is 38.5 Å². The molecular formula is C31H34Cl2O6. The quantitative estimate of drug-likeness (QED) is 0.303. The van der Waals surface area contributed by atoms with Gasteiger partial charge in [0.25, 0.3) is 0 Å². The van der Waals surface area contributed by atoms with E-state index in [9.17, 15) is 9.59 Å². The number of esters is 2. The molecule has 0 saturated heterocycles. The Hall–Kier alpha value is -2.70. The predicted octanol–water partition coefficient (Wildman–Crippen LogP) is 7.62. The van der Waals surface area contributed by atoms with Crippen LogP contribution in [0, 0.1) is 23.2 Å². The van der Waals surface area contributed by atoms with Gasteiger partial charge in [-0.2, -0.15) is 0 Å². The summed E-state index contributed by atoms with van der Waals surface area (Å²) >= 11 is 13.3. The molecule has 2 aromatic rings. The molecule has 0 aliphatic heterocycles. The number of carbonyl (C=O) groups excluding carboxylic acids is 2. The van der Waals surface area contributed by atoms with Crippen molar-refractivity contribution in [3.63, 3.8) is 0 Å². The van der Waals surface area contributed by atoms with Crippen LogP contribution in [-0.2, 0) is 9.47 Å². The van der Waals surface area contributed by atoms with Crippen LogP contribution in [0.25, 0.3) is 5.57 Å². The van der Waals surface area contributed by atoms with Crippen LogP contribution in [0.15, 0.2) is 30.3 Å². The number of rotatable bonds is 8. The molecule has 6 rings (SSSR count). The second-order valence-electron chi connectivity index (χ2n) is 11.3. The Balaban J connectivity index is 1.66. The van der Waals surface area contributed by atoms with Gasteiger partial charge in [0.2, 0.25) is 0 Å². The van der Waals surface area contributed by atoms with Gasteiger partial charge in [-0.1, -0.05) is 29.3 Å². The molecule has 4 fully saturated rings. The maximum Gasteiger partial charge on any atom is 0.341 e. The van der Waals surface area contributed by atoms with Crippen LogP contribution < -0.4 is 9.47 Å². The maximum atomic E-state index is 12.7. The summed E-state index contributed by atoms with van der Waals surface area (Å²) in [5.41, 5.74) is 2.91. The zero-order valence-corrected chi connectivity index (χ0v) is 24.3. The lowest BCUT2D eigenvalue weighted by Gasteiger charge is -2.57. The van der Waals surface area contributed by atoms with Crippen LogP contribution in [0.2, 0.25) is 10.0 Å². The van der Waals surface area contributed by atoms with Gasteiger partial charge in [-0.3, -0.25) is 0 Å². The van der Waals surface area contributed by atoms with Crippen molar-refractivity contribution in [2.45, 2.75) is 44.9 Å². The number of hydrogen-bond acceptors (Lipinski definition) is 6. The van der Waals surface area contributed by atoms with Gasteiger partial charge in [-0.05, 0) is 109 Å². The minimum absolute atomic E-state index is 0.219. The highest BCUT2D eigenvalue weighted by Gasteiger charge is 2.50. The van der Waals surface area contributed by atoms with E-state index in [-0.39, 0.29) is 38.1 Å². The summed E-state index contributed by atoms with van der Waals surface area (Å²) in [4.78, 5) is 25.4. The Labute approximate surface area is 239 Å². The summed E-state index contributed by atoms with van der Waals surface area (Å²) in [6.07, 6.45) is 10.9. The molecule has 2 aromatic carbocycles. The van der Waals surface area contributed by atoms with Crippen molar-refractivity contribution in [1.82, 2.24) is 0 Å². The van der Waals surface area contributed by atoms with E-state index in [1.165, 1.54) is 67.0 Å². The summed E-state index contributed by atoms with van der Waals surface area (Å²) in [6.45, 7) is 0. The van der Waals surface area contributed by atoms with E-state index in [1.54, 1.807) is 24.3 Å². The minimum Gasteiger partial charge on any atom is -0.494 e. The number of ether oxygens (including phenoxy) is 4. The molecule has 4 bridgehead atoms. The lowest BCUT2D eigenvalue weighted by molar-refractivity contribution is -0.0506. The fourth-order valence-electron chi connectivity index (χ4n) is 7.70. The predicted molar refractivity (Wildman–Crippen MR) is 151 cm³/mol. The molecule has 0 aromatic heterocycles. The van der Waals surface area contributed by atoms with Gasteiger partial charge in [0, 0.05) is 0 Å². The Morgan fingerprint density at radius 2 is 1.18 bits per heavy atom. The summed E-state index contributed by atoms with van der Waals surface area (Å²) in [7, 11) is 5.56. The highest BCUT2D eigenvalue weighted by molar-refractivity contribution is 6.33. The molecule has 0 spiro atoms. The highest BCUT2D eigenvalue weighted by Crippen LogP contribution is 2.61. The topological polar surface area (TPSA) is 71.1 Å². The number of carbonyl (C=O) groups is 2. The zero-order chi connectivity index (χ0) is 27.9. The third kappa shape index (κ3) is 5.26. The van der Waals surface area contributed by atoms with E-state index >= 15 is 0 Å². The first-order chi connectivity index (χ1) is 18.7. The van der Waals surface area contributed by atoms with Gasteiger partial charge < -0.3 is 18.9 Å². The largest absolute Gasteiger partial charge is 0.494 e. The first-order valence-corrected chi connectivity index (χ1v) is 14.1. The molecule has 0 heterocycles. The van der Waals surface area contributed by atoms with Crippen LogP contribution in [-0.4, -0.2) is 40.4 Å². The molecule has 39 heavy (non-hydrogen) atoms. The molecule has 0 N–H and O–H groups in total. The minimum atomic E-state index is -0.556. The molecule has 0 amide bonds. The summed E-state index contributed by atoms with van der Waals surface area (Å²) in [6, 6.07) is 6.98. The standard InChI is InChI=1S/C31H34Cl2O6/c1-36-27-23(29(34)38-3)10-20(12-25(27)32)22(21-11-24(30(35)39-4)28(37-2)26(33)13-21)5-6-31-14-17-7-18(15-31)9-19(8-17)16-31/h5,10-13,17-19H,6-9,14-16H2,1-4H3. The maximum absolute atomic E-state index is 12.7. The van der Waals surface area contributed by atoms with Crippen LogP contribution >= 0.6 is 23.2 Å². The summed E-state index contributed by atoms with van der Waals surface area (Å²) in [5.74, 6) is 1.83. The van der Waals surface area contributed by atoms with Gasteiger partial charge in [-0.15, -0.1) is 0 Å². The number of benzene rings is 2. The van der Waals surface area contributed by atoms with Crippen molar-refractivity contribution in [2.75, 3.05) is 28.4 Å². The normalized spacial score (nSPS) is 24.7. The Kier molecular flexibility index (Phi) is 7.89. The molecule has 0 radical (unpaired) electrons. The van der Waals surface area contributed by atoms with Crippen molar-refractivity contribution in [2.24, 2.45) is 23.2 Å². The molecule has 208 valence electrons. The molecule has 8 heteroatoms. The number of halogens is 2. The van der Waals surface area contributed by atoms with Gasteiger partial charge in [0.15, 0.2) is 11.5 Å². The average molecular weight is 574 g/mol. The first kappa shape index (κ1) is 27.9. The number of allylic oxidation sites excluding steroid dienone is 1. The van der Waals surface area contributed by atoms with Gasteiger partial charge >= 0.3 is 11.9 Å². The van der Waals surface area contributed by atoms with Crippen LogP contribution in [0.3, 0.4) is 0 Å². The molecule has 6 nitrogen and oxygen atoms in total. The van der Waals surface area contributed by atoms with E-state index in [4.69, 9.17) is 42.1 Å². The molecular weight excluding hydrogens is 539 g/mol. The highest BCUT2D eigenvalue weighted by atomic mass is 35.5. The van der Waals surface area contributed by atoms with Crippen molar-refractivity contribution in [1.29, 1.82) is 0 Å². The molecule has 4 saturated carbocycles. The fraction of sp³-hybridized carbons (Fsp3) is 0.484. The molecule has 4 aliphatic rings. The van der Waals surface area contributed by atoms with E-state index < -0.39 is 11.9 Å². The van der Waals surface area contributed by atoms with Crippen LogP contribution in [0.1, 0.15) is 76.8 Å². The van der Waals surface area contributed by atoms with E-state index in [1.807, 2.05) is 0 Å². The van der Waals surface area contributed by atoms with Crippen molar-refractivity contribution >= 4 is 40.7 Å². The van der Waals surface area contributed by atoms with Gasteiger partial charge in [0.1, 0.15) is 11.1 Å². The smallest absolute Gasteiger partial charge is 0.341 e. The first-order valence-electron chi connectivity index (χ1n) is 13.3. The van der Waals surface area contributed by atoms with Crippen molar-refractivity contribution in [3.8, 4) is 11.5 Å². The van der Waals surface area contributed by atoms with Crippen molar-refractivity contribution < 1.29 is 28.5 Å². The van der Waals surface area contributed by atoms with E-state index in [0.717, 1.165) is 29.7 Å². The third-order valence-corrected chi connectivity index (χ3v) is 9.39. The number of hydrogen-bond donors (Lipinski definition) is 0. The number of methoxy groups -OCH3 is 4. The van der Waals surface area contributed by atoms with E-state index in [0.29, 0.717) is 11.1 Å². The second-order valence-corrected chi connectivity index (χ2v) is 12.1. The Morgan fingerprint density at radius 1 is 0.769 bits per heavy atom. The second kappa shape index (κ2) is 11.1. The van der Waals surface area contributed by atoms with Gasteiger partial charge in [-0.25, -0.2) is 9.59 Å². The van der Waals surface area contributed by atoms with Crippen molar-refractivity contribution in [3.05, 3.63) is 62.6 Å². The fourth-order valence-corrected chi connectivity index (χ4v) is 8.29. The monoisotopic (exact) mass is 572 g/mol. The van der Waals surface area contributed by atoms with Crippen LogP contribution in [0.4, 0.5) is 0 Å². The third-order valence-electron chi connectivity index (χ3n) is 8.83. The summed E-state index contributed by atoms with van der Waals surface area (Å²) < 4.78 is 20.9. The lowest BCUT2D eigenvalue weighted by atomic mass is 9.49. The molecule has 0 unspecified atom stereocenters. The summed E-state index contributed by atoms with van der Waals surface area (Å²) in [5, 5.41) is 0.563.